The van der Waals surface area contributed by atoms with Gasteiger partial charge in [0.15, 0.2) is 4.77 Å². The molecule has 0 aliphatic carbocycles. The highest BCUT2D eigenvalue weighted by atomic mass is 32.1. The smallest absolute Gasteiger partial charge is 0.261 e. The van der Waals surface area contributed by atoms with Gasteiger partial charge in [0.25, 0.3) is 11.5 Å². The van der Waals surface area contributed by atoms with E-state index < -0.39 is 0 Å². The average Bonchev–Trinajstić information content (AvgIpc) is 2.69. The van der Waals surface area contributed by atoms with Crippen molar-refractivity contribution in [1.29, 1.82) is 0 Å². The lowest BCUT2D eigenvalue weighted by Gasteiger charge is -2.22. The van der Waals surface area contributed by atoms with Gasteiger partial charge in [-0.15, -0.1) is 0 Å². The van der Waals surface area contributed by atoms with E-state index in [-0.39, 0.29) is 11.5 Å². The summed E-state index contributed by atoms with van der Waals surface area (Å²) in [6.07, 6.45) is 0. The highest BCUT2D eigenvalue weighted by molar-refractivity contribution is 7.71. The van der Waals surface area contributed by atoms with E-state index in [1.807, 2.05) is 50.2 Å². The minimum Gasteiger partial charge on any atom is -0.378 e. The maximum atomic E-state index is 13.0. The quantitative estimate of drug-likeness (QED) is 0.672. The molecule has 0 radical (unpaired) electrons. The Morgan fingerprint density at radius 2 is 1.82 bits per heavy atom. The minimum absolute atomic E-state index is 0.0823. The fraction of sp³-hybridized carbons (Fsp3) is 0.286. The molecule has 1 amide bonds. The van der Waals surface area contributed by atoms with Crippen molar-refractivity contribution in [1.82, 2.24) is 14.5 Å². The third-order valence-corrected chi connectivity index (χ3v) is 5.22. The number of hydrogen-bond donors (Lipinski definition) is 1. The molecule has 0 spiro atoms. The Labute approximate surface area is 169 Å². The number of benzene rings is 2. The molecule has 0 saturated carbocycles. The summed E-state index contributed by atoms with van der Waals surface area (Å²) >= 11 is 5.18. The molecule has 1 heterocycles. The molecule has 7 heteroatoms. The van der Waals surface area contributed by atoms with Crippen molar-refractivity contribution in [2.45, 2.75) is 13.5 Å². The largest absolute Gasteiger partial charge is 0.378 e. The predicted molar refractivity (Wildman–Crippen MR) is 116 cm³/mol. The molecule has 0 aliphatic rings. The Balaban J connectivity index is 1.89. The Morgan fingerprint density at radius 1 is 1.14 bits per heavy atom. The molecule has 6 nitrogen and oxygen atoms in total. The molecule has 0 aliphatic heterocycles. The van der Waals surface area contributed by atoms with E-state index in [9.17, 15) is 9.59 Å². The number of hydrogen-bond acceptors (Lipinski definition) is 4. The summed E-state index contributed by atoms with van der Waals surface area (Å²) in [5.74, 6) is -0.0823. The summed E-state index contributed by atoms with van der Waals surface area (Å²) < 4.78 is 1.71. The van der Waals surface area contributed by atoms with Gasteiger partial charge in [0.2, 0.25) is 0 Å². The molecule has 3 rings (SSSR count). The summed E-state index contributed by atoms with van der Waals surface area (Å²) in [5, 5.41) is 0.509. The van der Waals surface area contributed by atoms with Gasteiger partial charge in [-0.25, -0.2) is 0 Å². The van der Waals surface area contributed by atoms with Gasteiger partial charge in [0.1, 0.15) is 0 Å². The zero-order chi connectivity index (χ0) is 20.4. The van der Waals surface area contributed by atoms with E-state index in [1.165, 1.54) is 4.57 Å². The topological polar surface area (TPSA) is 61.3 Å². The van der Waals surface area contributed by atoms with Gasteiger partial charge in [-0.05, 0) is 55.0 Å². The van der Waals surface area contributed by atoms with Crippen LogP contribution in [0, 0.1) is 4.77 Å². The molecule has 1 N–H and O–H groups in total. The van der Waals surface area contributed by atoms with E-state index in [4.69, 9.17) is 12.2 Å². The fourth-order valence-corrected chi connectivity index (χ4v) is 3.26. The van der Waals surface area contributed by atoms with Crippen LogP contribution in [0.1, 0.15) is 22.8 Å². The summed E-state index contributed by atoms with van der Waals surface area (Å²) in [6, 6.07) is 13.2. The zero-order valence-corrected chi connectivity index (χ0v) is 17.3. The van der Waals surface area contributed by atoms with E-state index >= 15 is 0 Å². The van der Waals surface area contributed by atoms with Crippen LogP contribution in [0.4, 0.5) is 5.69 Å². The van der Waals surface area contributed by atoms with Gasteiger partial charge in [-0.2, -0.15) is 0 Å². The lowest BCUT2D eigenvalue weighted by molar-refractivity contribution is 0.0752. The van der Waals surface area contributed by atoms with Gasteiger partial charge in [0.05, 0.1) is 10.9 Å². The van der Waals surface area contributed by atoms with Crippen molar-refractivity contribution in [3.8, 4) is 0 Å². The van der Waals surface area contributed by atoms with Crippen molar-refractivity contribution >= 4 is 34.7 Å². The SMILES string of the molecule is CCN(Cc1ccc(N(C)C)cc1)C(=O)c1ccc2c(=O)n(C)c(=S)[nH]c2c1. The maximum absolute atomic E-state index is 13.0. The number of aromatic nitrogens is 2. The first-order valence-corrected chi connectivity index (χ1v) is 9.51. The lowest BCUT2D eigenvalue weighted by Crippen LogP contribution is -2.30. The van der Waals surface area contributed by atoms with Crippen molar-refractivity contribution in [2.75, 3.05) is 25.5 Å². The highest BCUT2D eigenvalue weighted by Crippen LogP contribution is 2.17. The molecule has 0 fully saturated rings. The molecule has 0 atom stereocenters. The van der Waals surface area contributed by atoms with Crippen molar-refractivity contribution in [3.63, 3.8) is 0 Å². The van der Waals surface area contributed by atoms with E-state index in [0.29, 0.717) is 34.3 Å². The minimum atomic E-state index is -0.175. The monoisotopic (exact) mass is 396 g/mol. The predicted octanol–water partition coefficient (Wildman–Crippen LogP) is 3.32. The molecule has 3 aromatic rings. The van der Waals surface area contributed by atoms with Crippen LogP contribution in [0.25, 0.3) is 10.9 Å². The van der Waals surface area contributed by atoms with Crippen LogP contribution in [0.5, 0.6) is 0 Å². The highest BCUT2D eigenvalue weighted by Gasteiger charge is 2.16. The van der Waals surface area contributed by atoms with Gasteiger partial charge in [-0.3, -0.25) is 14.2 Å². The standard InChI is InChI=1S/C21H24N4O2S/c1-5-25(13-14-6-9-16(10-7-14)23(2)3)19(26)15-8-11-17-18(12-15)22-21(28)24(4)20(17)27/h6-12H,5,13H2,1-4H3,(H,22,28). The number of H-pyrrole nitrogens is 1. The molecule has 0 saturated heterocycles. The molecular weight excluding hydrogens is 372 g/mol. The molecule has 2 aromatic carbocycles. The Hall–Kier alpha value is -2.93. The van der Waals surface area contributed by atoms with Crippen LogP contribution < -0.4 is 10.5 Å². The number of fused-ring (bicyclic) bond motifs is 1. The summed E-state index contributed by atoms with van der Waals surface area (Å²) in [6.45, 7) is 3.06. The number of nitrogens with one attached hydrogen (secondary N) is 1. The third kappa shape index (κ3) is 3.84. The number of nitrogens with zero attached hydrogens (tertiary/aromatic N) is 3. The van der Waals surface area contributed by atoms with Crippen molar-refractivity contribution in [2.24, 2.45) is 7.05 Å². The van der Waals surface area contributed by atoms with E-state index in [0.717, 1.165) is 11.3 Å². The van der Waals surface area contributed by atoms with Crippen LogP contribution in [0.2, 0.25) is 0 Å². The van der Waals surface area contributed by atoms with E-state index in [1.54, 1.807) is 30.1 Å². The van der Waals surface area contributed by atoms with Crippen LogP contribution in [-0.4, -0.2) is 41.0 Å². The fourth-order valence-electron chi connectivity index (χ4n) is 3.07. The molecule has 1 aromatic heterocycles. The number of anilines is 1. The summed E-state index contributed by atoms with van der Waals surface area (Å²) in [5.41, 5.74) is 3.11. The first-order valence-electron chi connectivity index (χ1n) is 9.10. The van der Waals surface area contributed by atoms with Gasteiger partial charge < -0.3 is 14.8 Å². The molecular formula is C21H24N4O2S. The normalized spacial score (nSPS) is 10.9. The number of amides is 1. The first kappa shape index (κ1) is 19.8. The Kier molecular flexibility index (Phi) is 5.65. The second-order valence-corrected chi connectivity index (χ2v) is 7.32. The van der Waals surface area contributed by atoms with Gasteiger partial charge in [0, 0.05) is 45.5 Å². The van der Waals surface area contributed by atoms with Gasteiger partial charge in [-0.1, -0.05) is 12.1 Å². The number of rotatable bonds is 5. The van der Waals surface area contributed by atoms with Crippen molar-refractivity contribution in [3.05, 3.63) is 68.7 Å². The average molecular weight is 397 g/mol. The van der Waals surface area contributed by atoms with E-state index in [2.05, 4.69) is 4.98 Å². The van der Waals surface area contributed by atoms with Crippen LogP contribution in [0.15, 0.2) is 47.3 Å². The number of aromatic amines is 1. The summed E-state index contributed by atoms with van der Waals surface area (Å²) in [4.78, 5) is 32.2. The van der Waals surface area contributed by atoms with Crippen LogP contribution in [-0.2, 0) is 13.6 Å². The third-order valence-electron chi connectivity index (χ3n) is 4.84. The number of carbonyl (C=O) groups is 1. The second-order valence-electron chi connectivity index (χ2n) is 6.93. The molecule has 28 heavy (non-hydrogen) atoms. The van der Waals surface area contributed by atoms with Crippen LogP contribution in [0.3, 0.4) is 0 Å². The maximum Gasteiger partial charge on any atom is 0.261 e. The first-order chi connectivity index (χ1) is 13.3. The Morgan fingerprint density at radius 3 is 2.43 bits per heavy atom. The van der Waals surface area contributed by atoms with Crippen LogP contribution >= 0.6 is 12.2 Å². The number of carbonyl (C=O) groups excluding carboxylic acids is 1. The summed E-state index contributed by atoms with van der Waals surface area (Å²) in [7, 11) is 5.62. The van der Waals surface area contributed by atoms with Crippen molar-refractivity contribution < 1.29 is 4.79 Å². The molecule has 146 valence electrons. The van der Waals surface area contributed by atoms with Gasteiger partial charge >= 0.3 is 0 Å². The Bertz CT molecular complexity index is 1130. The lowest BCUT2D eigenvalue weighted by atomic mass is 10.1. The molecule has 0 unspecified atom stereocenters. The zero-order valence-electron chi connectivity index (χ0n) is 16.5. The second kappa shape index (κ2) is 7.98. The molecule has 0 bridgehead atoms.